The van der Waals surface area contributed by atoms with Gasteiger partial charge in [-0.1, -0.05) is 0 Å². The van der Waals surface area contributed by atoms with E-state index >= 15 is 0 Å². The maximum Gasteiger partial charge on any atom is 0.305 e. The summed E-state index contributed by atoms with van der Waals surface area (Å²) in [6.07, 6.45) is 5.39. The molecule has 2 aliphatic rings. The molecule has 0 bridgehead atoms. The number of rotatable bonds is 4. The number of carboxylic acids is 1. The van der Waals surface area contributed by atoms with Crippen LogP contribution >= 0.6 is 0 Å². The van der Waals surface area contributed by atoms with E-state index in [9.17, 15) is 9.59 Å². The number of carbonyl (C=O) groups excluding carboxylic acids is 1. The Labute approximate surface area is 107 Å². The molecule has 5 nitrogen and oxygen atoms in total. The van der Waals surface area contributed by atoms with Crippen LogP contribution in [-0.4, -0.2) is 47.2 Å². The minimum absolute atomic E-state index is 0.0392. The molecule has 0 aromatic heterocycles. The van der Waals surface area contributed by atoms with Gasteiger partial charge in [0.2, 0.25) is 5.91 Å². The summed E-state index contributed by atoms with van der Waals surface area (Å²) >= 11 is 0. The molecule has 2 heterocycles. The summed E-state index contributed by atoms with van der Waals surface area (Å²) in [6.45, 7) is 1.44. The lowest BCUT2D eigenvalue weighted by molar-refractivity contribution is -0.141. The lowest BCUT2D eigenvalue weighted by Crippen LogP contribution is -2.39. The molecular formula is C13H21NO4. The van der Waals surface area contributed by atoms with Crippen molar-refractivity contribution in [1.82, 2.24) is 4.90 Å². The summed E-state index contributed by atoms with van der Waals surface area (Å²) in [5.74, 6) is -0.765. The van der Waals surface area contributed by atoms with Crippen molar-refractivity contribution in [2.45, 2.75) is 57.1 Å². The molecule has 1 N–H and O–H groups in total. The second kappa shape index (κ2) is 6.18. The number of hydrogen-bond acceptors (Lipinski definition) is 3. The number of hydrogen-bond donors (Lipinski definition) is 1. The average Bonchev–Trinajstić information content (AvgIpc) is 2.77. The van der Waals surface area contributed by atoms with Gasteiger partial charge in [-0.15, -0.1) is 0 Å². The van der Waals surface area contributed by atoms with Gasteiger partial charge in [-0.05, 0) is 32.1 Å². The van der Waals surface area contributed by atoms with Crippen LogP contribution in [0.3, 0.4) is 0 Å². The van der Waals surface area contributed by atoms with E-state index in [2.05, 4.69) is 0 Å². The van der Waals surface area contributed by atoms with E-state index in [-0.39, 0.29) is 24.5 Å². The van der Waals surface area contributed by atoms with Crippen LogP contribution in [0.4, 0.5) is 0 Å². The monoisotopic (exact) mass is 255 g/mol. The normalized spacial score (nSPS) is 28.3. The van der Waals surface area contributed by atoms with E-state index in [1.165, 1.54) is 0 Å². The van der Waals surface area contributed by atoms with E-state index in [0.717, 1.165) is 38.7 Å². The Bertz CT molecular complexity index is 312. The van der Waals surface area contributed by atoms with Crippen LogP contribution in [0.2, 0.25) is 0 Å². The van der Waals surface area contributed by atoms with Crippen molar-refractivity contribution < 1.29 is 19.4 Å². The Morgan fingerprint density at radius 1 is 1.17 bits per heavy atom. The highest BCUT2D eigenvalue weighted by Crippen LogP contribution is 2.23. The van der Waals surface area contributed by atoms with Gasteiger partial charge < -0.3 is 14.7 Å². The molecule has 2 fully saturated rings. The predicted molar refractivity (Wildman–Crippen MR) is 65.2 cm³/mol. The van der Waals surface area contributed by atoms with Gasteiger partial charge in [0.25, 0.3) is 0 Å². The first-order chi connectivity index (χ1) is 8.66. The molecule has 0 aliphatic carbocycles. The number of ether oxygens (including phenoxy) is 1. The number of likely N-dealkylation sites (tertiary alicyclic amines) is 1. The second-order valence-electron chi connectivity index (χ2n) is 5.17. The van der Waals surface area contributed by atoms with Gasteiger partial charge in [-0.2, -0.15) is 0 Å². The number of carbonyl (C=O) groups is 2. The zero-order chi connectivity index (χ0) is 13.0. The smallest absolute Gasteiger partial charge is 0.305 e. The summed E-state index contributed by atoms with van der Waals surface area (Å²) in [5.41, 5.74) is 0. The van der Waals surface area contributed by atoms with Gasteiger partial charge in [0, 0.05) is 19.2 Å². The Hall–Kier alpha value is -1.10. The molecule has 5 heteroatoms. The minimum atomic E-state index is -0.825. The lowest BCUT2D eigenvalue weighted by Gasteiger charge is -2.27. The number of amides is 1. The van der Waals surface area contributed by atoms with Crippen LogP contribution in [0.15, 0.2) is 0 Å². The first kappa shape index (κ1) is 13.3. The third-order valence-electron chi connectivity index (χ3n) is 3.78. The average molecular weight is 255 g/mol. The highest BCUT2D eigenvalue weighted by Gasteiger charge is 2.31. The molecule has 1 amide bonds. The standard InChI is InChI=1S/C13H21NO4/c15-12(9-11-5-1-2-7-18-11)14-6-3-4-10(14)8-13(16)17/h10-11H,1-9H2,(H,16,17). The molecule has 0 radical (unpaired) electrons. The van der Waals surface area contributed by atoms with Gasteiger partial charge in [0.1, 0.15) is 0 Å². The van der Waals surface area contributed by atoms with Crippen LogP contribution in [0.25, 0.3) is 0 Å². The van der Waals surface area contributed by atoms with Crippen molar-refractivity contribution in [3.63, 3.8) is 0 Å². The Morgan fingerprint density at radius 3 is 2.67 bits per heavy atom. The fraction of sp³-hybridized carbons (Fsp3) is 0.846. The van der Waals surface area contributed by atoms with Crippen molar-refractivity contribution >= 4 is 11.9 Å². The summed E-state index contributed by atoms with van der Waals surface area (Å²) in [5, 5.41) is 8.83. The molecule has 0 aromatic carbocycles. The SMILES string of the molecule is O=C(O)CC1CCCN1C(=O)CC1CCCCO1. The summed E-state index contributed by atoms with van der Waals surface area (Å²) in [4.78, 5) is 24.7. The van der Waals surface area contributed by atoms with Crippen molar-refractivity contribution in [2.75, 3.05) is 13.2 Å². The van der Waals surface area contributed by atoms with Crippen LogP contribution in [0.5, 0.6) is 0 Å². The predicted octanol–water partition coefficient (Wildman–Crippen LogP) is 1.41. The number of carboxylic acid groups (broad SMARTS) is 1. The number of nitrogens with zero attached hydrogens (tertiary/aromatic N) is 1. The molecule has 18 heavy (non-hydrogen) atoms. The molecule has 2 rings (SSSR count). The van der Waals surface area contributed by atoms with E-state index in [1.54, 1.807) is 4.90 Å². The van der Waals surface area contributed by atoms with Crippen molar-refractivity contribution in [1.29, 1.82) is 0 Å². The molecule has 0 saturated carbocycles. The molecule has 0 aromatic rings. The van der Waals surface area contributed by atoms with Gasteiger partial charge in [-0.3, -0.25) is 9.59 Å². The van der Waals surface area contributed by atoms with Crippen molar-refractivity contribution in [3.8, 4) is 0 Å². The molecular weight excluding hydrogens is 234 g/mol. The molecule has 102 valence electrons. The number of aliphatic carboxylic acids is 1. The third kappa shape index (κ3) is 3.45. The maximum absolute atomic E-state index is 12.2. The van der Waals surface area contributed by atoms with E-state index in [4.69, 9.17) is 9.84 Å². The largest absolute Gasteiger partial charge is 0.481 e. The molecule has 2 aliphatic heterocycles. The van der Waals surface area contributed by atoms with Crippen molar-refractivity contribution in [2.24, 2.45) is 0 Å². The molecule has 2 saturated heterocycles. The van der Waals surface area contributed by atoms with Crippen LogP contribution in [0, 0.1) is 0 Å². The topological polar surface area (TPSA) is 66.8 Å². The summed E-state index contributed by atoms with van der Waals surface area (Å²) in [7, 11) is 0. The quantitative estimate of drug-likeness (QED) is 0.824. The lowest BCUT2D eigenvalue weighted by atomic mass is 10.1. The van der Waals surface area contributed by atoms with Crippen molar-refractivity contribution in [3.05, 3.63) is 0 Å². The molecule has 2 atom stereocenters. The Morgan fingerprint density at radius 2 is 2.00 bits per heavy atom. The van der Waals surface area contributed by atoms with Gasteiger partial charge >= 0.3 is 5.97 Å². The maximum atomic E-state index is 12.2. The zero-order valence-electron chi connectivity index (χ0n) is 10.6. The van der Waals surface area contributed by atoms with Gasteiger partial charge in [0.05, 0.1) is 18.9 Å². The van der Waals surface area contributed by atoms with Crippen LogP contribution < -0.4 is 0 Å². The highest BCUT2D eigenvalue weighted by molar-refractivity contribution is 5.78. The molecule has 0 spiro atoms. The third-order valence-corrected chi connectivity index (χ3v) is 3.78. The fourth-order valence-corrected chi connectivity index (χ4v) is 2.86. The van der Waals surface area contributed by atoms with E-state index < -0.39 is 5.97 Å². The summed E-state index contributed by atoms with van der Waals surface area (Å²) in [6, 6.07) is -0.112. The summed E-state index contributed by atoms with van der Waals surface area (Å²) < 4.78 is 5.56. The minimum Gasteiger partial charge on any atom is -0.481 e. The van der Waals surface area contributed by atoms with Crippen LogP contribution in [0.1, 0.15) is 44.9 Å². The molecule has 2 unspecified atom stereocenters. The van der Waals surface area contributed by atoms with Gasteiger partial charge in [0.15, 0.2) is 0 Å². The Balaban J connectivity index is 1.84. The van der Waals surface area contributed by atoms with E-state index in [0.29, 0.717) is 13.0 Å². The van der Waals surface area contributed by atoms with E-state index in [1.807, 2.05) is 0 Å². The highest BCUT2D eigenvalue weighted by atomic mass is 16.5. The first-order valence-corrected chi connectivity index (χ1v) is 6.79. The zero-order valence-corrected chi connectivity index (χ0v) is 10.6. The van der Waals surface area contributed by atoms with Crippen LogP contribution in [-0.2, 0) is 14.3 Å². The fourth-order valence-electron chi connectivity index (χ4n) is 2.86. The first-order valence-electron chi connectivity index (χ1n) is 6.79. The Kier molecular flexibility index (Phi) is 4.58. The second-order valence-corrected chi connectivity index (χ2v) is 5.17. The van der Waals surface area contributed by atoms with Gasteiger partial charge in [-0.25, -0.2) is 0 Å².